The zero-order chi connectivity index (χ0) is 23.0. The minimum absolute atomic E-state index is 0.316. The van der Waals surface area contributed by atoms with Crippen molar-refractivity contribution in [3.63, 3.8) is 0 Å². The number of nitrogens with zero attached hydrogens (tertiary/aromatic N) is 2. The van der Waals surface area contributed by atoms with Crippen LogP contribution in [0, 0.1) is 3.57 Å². The van der Waals surface area contributed by atoms with Crippen LogP contribution in [0.3, 0.4) is 0 Å². The fourth-order valence-electron chi connectivity index (χ4n) is 3.33. The van der Waals surface area contributed by atoms with Crippen molar-refractivity contribution in [1.82, 2.24) is 9.55 Å². The summed E-state index contributed by atoms with van der Waals surface area (Å²) in [6, 6.07) is 11.1. The molecule has 0 saturated carbocycles. The Labute approximate surface area is 207 Å². The van der Waals surface area contributed by atoms with Crippen LogP contribution in [-0.4, -0.2) is 29.7 Å². The van der Waals surface area contributed by atoms with E-state index in [0.29, 0.717) is 27.1 Å². The second kappa shape index (κ2) is 9.16. The number of thiophene rings is 1. The van der Waals surface area contributed by atoms with E-state index in [9.17, 15) is 4.79 Å². The molecule has 1 atom stereocenters. The number of methoxy groups -OCH3 is 2. The van der Waals surface area contributed by atoms with Gasteiger partial charge in [0.15, 0.2) is 11.5 Å². The number of carbonyl (C=O) groups is 1. The third kappa shape index (κ3) is 4.24. The summed E-state index contributed by atoms with van der Waals surface area (Å²) in [6.45, 7) is 1.88. The predicted molar refractivity (Wildman–Crippen MR) is 134 cm³/mol. The van der Waals surface area contributed by atoms with Gasteiger partial charge in [0.05, 0.1) is 25.3 Å². The Morgan fingerprint density at radius 1 is 1.16 bits per heavy atom. The zero-order valence-corrected chi connectivity index (χ0v) is 21.1. The van der Waals surface area contributed by atoms with Gasteiger partial charge in [-0.15, -0.1) is 11.3 Å². The Morgan fingerprint density at radius 3 is 2.56 bits per heavy atom. The highest BCUT2D eigenvalue weighted by molar-refractivity contribution is 14.1. The Morgan fingerprint density at radius 2 is 1.88 bits per heavy atom. The maximum atomic E-state index is 12.2. The molecule has 0 radical (unpaired) electrons. The van der Waals surface area contributed by atoms with Gasteiger partial charge in [0.25, 0.3) is 5.91 Å². The number of halogens is 2. The molecule has 4 rings (SSSR count). The number of benzene rings is 2. The summed E-state index contributed by atoms with van der Waals surface area (Å²) in [5, 5.41) is 1.32. The van der Waals surface area contributed by atoms with Crippen LogP contribution in [0.15, 0.2) is 42.7 Å². The normalized spacial score (nSPS) is 12.0. The Balaban J connectivity index is 1.75. The molecule has 2 N–H and O–H groups in total. The van der Waals surface area contributed by atoms with Gasteiger partial charge in [0.1, 0.15) is 28.1 Å². The molecule has 10 heteroatoms. The molecule has 2 heterocycles. The third-order valence-corrected chi connectivity index (χ3v) is 7.04. The van der Waals surface area contributed by atoms with Gasteiger partial charge in [-0.3, -0.25) is 9.36 Å². The standard InChI is InChI=1S/C22H19ClIN3O4S/c1-11(13-6-12(24)4-5-14(13)23)31-19-9-20(32-21(19)22(25)28)27-10-26-15-7-17(29-2)18(30-3)8-16(15)27/h4-11H,1-3H3,(H2,25,28)/t11-/m1/s1. The summed E-state index contributed by atoms with van der Waals surface area (Å²) in [5.41, 5.74) is 7.99. The minimum Gasteiger partial charge on any atom is -0.493 e. The van der Waals surface area contributed by atoms with E-state index in [-0.39, 0.29) is 6.10 Å². The van der Waals surface area contributed by atoms with E-state index < -0.39 is 5.91 Å². The summed E-state index contributed by atoms with van der Waals surface area (Å²) in [5.74, 6) is 0.983. The summed E-state index contributed by atoms with van der Waals surface area (Å²) in [7, 11) is 3.15. The topological polar surface area (TPSA) is 88.6 Å². The smallest absolute Gasteiger partial charge is 0.262 e. The van der Waals surface area contributed by atoms with Gasteiger partial charge < -0.3 is 19.9 Å². The molecule has 2 aromatic heterocycles. The maximum absolute atomic E-state index is 12.2. The molecule has 0 aliphatic rings. The zero-order valence-electron chi connectivity index (χ0n) is 17.4. The number of rotatable bonds is 7. The number of hydrogen-bond acceptors (Lipinski definition) is 6. The number of amides is 1. The van der Waals surface area contributed by atoms with E-state index in [4.69, 9.17) is 31.5 Å². The lowest BCUT2D eigenvalue weighted by atomic mass is 10.1. The number of imidazole rings is 1. The number of ether oxygens (including phenoxy) is 3. The van der Waals surface area contributed by atoms with Crippen molar-refractivity contribution in [3.8, 4) is 22.2 Å². The van der Waals surface area contributed by atoms with Crippen LogP contribution >= 0.6 is 45.5 Å². The van der Waals surface area contributed by atoms with Crippen molar-refractivity contribution in [3.05, 3.63) is 61.8 Å². The monoisotopic (exact) mass is 583 g/mol. The summed E-state index contributed by atoms with van der Waals surface area (Å²) < 4.78 is 19.8. The average Bonchev–Trinajstić information content (AvgIpc) is 3.37. The largest absolute Gasteiger partial charge is 0.493 e. The van der Waals surface area contributed by atoms with E-state index in [1.165, 1.54) is 11.3 Å². The molecule has 4 aromatic rings. The lowest BCUT2D eigenvalue weighted by Crippen LogP contribution is -2.12. The van der Waals surface area contributed by atoms with Crippen molar-refractivity contribution >= 4 is 62.5 Å². The Kier molecular flexibility index (Phi) is 6.50. The molecular weight excluding hydrogens is 565 g/mol. The van der Waals surface area contributed by atoms with Gasteiger partial charge in [-0.2, -0.15) is 0 Å². The summed E-state index contributed by atoms with van der Waals surface area (Å²) in [6.07, 6.45) is 1.28. The van der Waals surface area contributed by atoms with Crippen LogP contribution in [0.5, 0.6) is 17.2 Å². The fraction of sp³-hybridized carbons (Fsp3) is 0.182. The molecule has 0 fully saturated rings. The number of primary amides is 1. The summed E-state index contributed by atoms with van der Waals surface area (Å²) >= 11 is 9.80. The highest BCUT2D eigenvalue weighted by atomic mass is 127. The number of aromatic nitrogens is 2. The first-order valence-corrected chi connectivity index (χ1v) is 11.7. The molecule has 0 spiro atoms. The molecule has 0 aliphatic carbocycles. The van der Waals surface area contributed by atoms with Crippen molar-refractivity contribution in [2.45, 2.75) is 13.0 Å². The number of fused-ring (bicyclic) bond motifs is 1. The second-order valence-electron chi connectivity index (χ2n) is 6.88. The first-order chi connectivity index (χ1) is 15.3. The van der Waals surface area contributed by atoms with Crippen molar-refractivity contribution < 1.29 is 19.0 Å². The van der Waals surface area contributed by atoms with Crippen LogP contribution < -0.4 is 19.9 Å². The SMILES string of the molecule is COc1cc2ncn(-c3cc(O[C@H](C)c4cc(I)ccc4Cl)c(C(N)=O)s3)c2cc1OC. The van der Waals surface area contributed by atoms with Crippen molar-refractivity contribution in [2.75, 3.05) is 14.2 Å². The minimum atomic E-state index is -0.569. The first kappa shape index (κ1) is 22.7. The summed E-state index contributed by atoms with van der Waals surface area (Å²) in [4.78, 5) is 16.9. The average molecular weight is 584 g/mol. The second-order valence-corrected chi connectivity index (χ2v) is 9.56. The van der Waals surface area contributed by atoms with Crippen molar-refractivity contribution in [2.24, 2.45) is 5.73 Å². The highest BCUT2D eigenvalue weighted by Gasteiger charge is 2.22. The van der Waals surface area contributed by atoms with Gasteiger partial charge in [0, 0.05) is 32.4 Å². The predicted octanol–water partition coefficient (Wildman–Crippen LogP) is 5.60. The van der Waals surface area contributed by atoms with Gasteiger partial charge in [-0.05, 0) is 47.7 Å². The van der Waals surface area contributed by atoms with E-state index in [2.05, 4.69) is 27.6 Å². The third-order valence-electron chi connectivity index (χ3n) is 4.90. The molecule has 166 valence electrons. The highest BCUT2D eigenvalue weighted by Crippen LogP contribution is 2.38. The van der Waals surface area contributed by atoms with Crippen molar-refractivity contribution in [1.29, 1.82) is 0 Å². The maximum Gasteiger partial charge on any atom is 0.262 e. The molecule has 7 nitrogen and oxygen atoms in total. The molecule has 1 amide bonds. The molecule has 2 aromatic carbocycles. The molecule has 0 bridgehead atoms. The van der Waals surface area contributed by atoms with Crippen LogP contribution in [0.2, 0.25) is 5.02 Å². The van der Waals surface area contributed by atoms with Gasteiger partial charge in [0.2, 0.25) is 0 Å². The molecule has 0 aliphatic heterocycles. The van der Waals surface area contributed by atoms with Gasteiger partial charge in [-0.1, -0.05) is 11.6 Å². The van der Waals surface area contributed by atoms with E-state index in [1.807, 2.05) is 35.8 Å². The van der Waals surface area contributed by atoms with Crippen LogP contribution in [-0.2, 0) is 0 Å². The molecule has 0 saturated heterocycles. The number of carbonyl (C=O) groups excluding carboxylic acids is 1. The molecule has 32 heavy (non-hydrogen) atoms. The lowest BCUT2D eigenvalue weighted by Gasteiger charge is -2.16. The Bertz CT molecular complexity index is 1320. The van der Waals surface area contributed by atoms with Gasteiger partial charge >= 0.3 is 0 Å². The first-order valence-electron chi connectivity index (χ1n) is 9.47. The number of hydrogen-bond donors (Lipinski definition) is 1. The fourth-order valence-corrected chi connectivity index (χ4v) is 5.05. The van der Waals surface area contributed by atoms with Crippen LogP contribution in [0.25, 0.3) is 16.0 Å². The van der Waals surface area contributed by atoms with E-state index >= 15 is 0 Å². The van der Waals surface area contributed by atoms with Gasteiger partial charge in [-0.25, -0.2) is 4.98 Å². The van der Waals surface area contributed by atoms with Crippen LogP contribution in [0.4, 0.5) is 0 Å². The lowest BCUT2D eigenvalue weighted by molar-refractivity contribution is 0.0998. The number of nitrogens with two attached hydrogens (primary N) is 1. The van der Waals surface area contributed by atoms with Crippen LogP contribution in [0.1, 0.15) is 28.3 Å². The quantitative estimate of drug-likeness (QED) is 0.286. The molecule has 0 unspecified atom stereocenters. The van der Waals surface area contributed by atoms with E-state index in [0.717, 1.165) is 25.2 Å². The Hall–Kier alpha value is -2.50. The van der Waals surface area contributed by atoms with E-state index in [1.54, 1.807) is 32.7 Å². The molecular formula is C22H19ClIN3O4S.